The third kappa shape index (κ3) is 1.98. The summed E-state index contributed by atoms with van der Waals surface area (Å²) in [5.41, 5.74) is 2.23. The maximum atomic E-state index is 12.3. The van der Waals surface area contributed by atoms with Crippen LogP contribution in [0.5, 0.6) is 5.75 Å². The highest BCUT2D eigenvalue weighted by Crippen LogP contribution is 2.26. The zero-order valence-corrected chi connectivity index (χ0v) is 11.1. The van der Waals surface area contributed by atoms with Crippen LogP contribution >= 0.6 is 0 Å². The average molecular weight is 246 g/mol. The number of nitrogens with zero attached hydrogens (tertiary/aromatic N) is 2. The lowest BCUT2D eigenvalue weighted by atomic mass is 9.95. The summed E-state index contributed by atoms with van der Waals surface area (Å²) in [5, 5.41) is 13.9. The van der Waals surface area contributed by atoms with Crippen LogP contribution in [0.15, 0.2) is 18.3 Å². The van der Waals surface area contributed by atoms with Crippen LogP contribution < -0.4 is 0 Å². The van der Waals surface area contributed by atoms with E-state index in [4.69, 9.17) is 0 Å². The van der Waals surface area contributed by atoms with Crippen molar-refractivity contribution < 1.29 is 9.90 Å². The molecule has 4 nitrogen and oxygen atoms in total. The Kier molecular flexibility index (Phi) is 3.11. The van der Waals surface area contributed by atoms with E-state index in [1.54, 1.807) is 16.6 Å². The van der Waals surface area contributed by atoms with Crippen molar-refractivity contribution in [3.8, 4) is 5.75 Å². The molecule has 0 aromatic carbocycles. The minimum atomic E-state index is -0.0655. The first-order chi connectivity index (χ1) is 8.41. The number of Topliss-reactive ketones (excluding diaryl/α,β-unsaturated/α-hetero) is 1. The van der Waals surface area contributed by atoms with Crippen LogP contribution in [0, 0.1) is 5.92 Å². The van der Waals surface area contributed by atoms with E-state index in [1.807, 2.05) is 27.7 Å². The smallest absolute Gasteiger partial charge is 0.169 e. The first kappa shape index (κ1) is 12.6. The summed E-state index contributed by atoms with van der Waals surface area (Å²) in [5.74, 6) is 0.345. The Labute approximate surface area is 106 Å². The van der Waals surface area contributed by atoms with E-state index in [0.29, 0.717) is 5.56 Å². The number of ketones is 1. The number of hydrogen-bond donors (Lipinski definition) is 1. The molecule has 2 heterocycles. The van der Waals surface area contributed by atoms with E-state index in [2.05, 4.69) is 5.10 Å². The molecule has 1 N–H and O–H groups in total. The Hall–Kier alpha value is -1.84. The van der Waals surface area contributed by atoms with Crippen molar-refractivity contribution in [2.75, 3.05) is 0 Å². The molecule has 0 spiro atoms. The molecule has 4 heteroatoms. The molecule has 2 rings (SSSR count). The molecule has 0 radical (unpaired) electrons. The average Bonchev–Trinajstić information content (AvgIpc) is 2.66. The van der Waals surface area contributed by atoms with Gasteiger partial charge in [-0.15, -0.1) is 0 Å². The van der Waals surface area contributed by atoms with E-state index < -0.39 is 0 Å². The highest BCUT2D eigenvalue weighted by Gasteiger charge is 2.23. The third-order valence-corrected chi connectivity index (χ3v) is 2.96. The molecule has 18 heavy (non-hydrogen) atoms. The van der Waals surface area contributed by atoms with Gasteiger partial charge < -0.3 is 5.11 Å². The van der Waals surface area contributed by atoms with E-state index in [1.165, 1.54) is 6.20 Å². The highest BCUT2D eigenvalue weighted by atomic mass is 16.3. The molecule has 0 fully saturated rings. The van der Waals surface area contributed by atoms with Crippen molar-refractivity contribution in [2.45, 2.75) is 33.6 Å². The van der Waals surface area contributed by atoms with Gasteiger partial charge in [0, 0.05) is 5.92 Å². The summed E-state index contributed by atoms with van der Waals surface area (Å²) in [6, 6.07) is 3.32. The summed E-state index contributed by atoms with van der Waals surface area (Å²) in [4.78, 5) is 12.3. The summed E-state index contributed by atoms with van der Waals surface area (Å²) in [6.07, 6.45) is 1.53. The van der Waals surface area contributed by atoms with Crippen molar-refractivity contribution in [1.29, 1.82) is 0 Å². The first-order valence-corrected chi connectivity index (χ1v) is 6.17. The molecular formula is C14H18N2O2. The maximum absolute atomic E-state index is 12.3. The van der Waals surface area contributed by atoms with Crippen LogP contribution in [0.4, 0.5) is 0 Å². The van der Waals surface area contributed by atoms with Crippen molar-refractivity contribution in [3.63, 3.8) is 0 Å². The Morgan fingerprint density at radius 3 is 2.50 bits per heavy atom. The number of aromatic nitrogens is 2. The number of pyridine rings is 1. The SMILES string of the molecule is CC(C)C(=O)c1c(C(C)C)nn2cc(O)ccc12. The van der Waals surface area contributed by atoms with Gasteiger partial charge in [-0.05, 0) is 18.1 Å². The Morgan fingerprint density at radius 2 is 1.94 bits per heavy atom. The van der Waals surface area contributed by atoms with Crippen LogP contribution in [-0.2, 0) is 0 Å². The molecular weight excluding hydrogens is 228 g/mol. The standard InChI is InChI=1S/C14H18N2O2/c1-8(2)13-12(14(18)9(3)4)11-6-5-10(17)7-16(11)15-13/h5-9,17H,1-4H3. The minimum Gasteiger partial charge on any atom is -0.506 e. The number of rotatable bonds is 3. The van der Waals surface area contributed by atoms with E-state index in [0.717, 1.165) is 11.2 Å². The van der Waals surface area contributed by atoms with Gasteiger partial charge in [0.25, 0.3) is 0 Å². The molecule has 0 saturated heterocycles. The third-order valence-electron chi connectivity index (χ3n) is 2.96. The van der Waals surface area contributed by atoms with E-state index in [9.17, 15) is 9.90 Å². The van der Waals surface area contributed by atoms with Crippen molar-refractivity contribution in [3.05, 3.63) is 29.6 Å². The lowest BCUT2D eigenvalue weighted by Crippen LogP contribution is -2.10. The molecule has 2 aromatic heterocycles. The van der Waals surface area contributed by atoms with Gasteiger partial charge in [0.15, 0.2) is 5.78 Å². The van der Waals surface area contributed by atoms with Crippen molar-refractivity contribution in [2.24, 2.45) is 5.92 Å². The minimum absolute atomic E-state index is 0.0655. The normalized spacial score (nSPS) is 11.7. The van der Waals surface area contributed by atoms with Gasteiger partial charge in [-0.3, -0.25) is 4.79 Å². The molecule has 0 saturated carbocycles. The number of carbonyl (C=O) groups excluding carboxylic acids is 1. The summed E-state index contributed by atoms with van der Waals surface area (Å²) in [7, 11) is 0. The second-order valence-corrected chi connectivity index (χ2v) is 5.15. The Morgan fingerprint density at radius 1 is 1.28 bits per heavy atom. The summed E-state index contributed by atoms with van der Waals surface area (Å²) in [6.45, 7) is 7.80. The van der Waals surface area contributed by atoms with E-state index in [-0.39, 0.29) is 23.4 Å². The van der Waals surface area contributed by atoms with Gasteiger partial charge in [0.2, 0.25) is 0 Å². The molecule has 0 atom stereocenters. The molecule has 0 unspecified atom stereocenters. The Bertz CT molecular complexity index is 597. The van der Waals surface area contributed by atoms with Gasteiger partial charge in [-0.2, -0.15) is 5.10 Å². The summed E-state index contributed by atoms with van der Waals surface area (Å²) < 4.78 is 1.58. The topological polar surface area (TPSA) is 54.6 Å². The second kappa shape index (κ2) is 4.44. The van der Waals surface area contributed by atoms with Gasteiger partial charge in [-0.1, -0.05) is 27.7 Å². The highest BCUT2D eigenvalue weighted by molar-refractivity contribution is 6.04. The van der Waals surface area contributed by atoms with Crippen molar-refractivity contribution >= 4 is 11.3 Å². The molecule has 0 bridgehead atoms. The number of fused-ring (bicyclic) bond motifs is 1. The van der Waals surface area contributed by atoms with E-state index >= 15 is 0 Å². The van der Waals surface area contributed by atoms with Gasteiger partial charge in [0.1, 0.15) is 5.75 Å². The fraction of sp³-hybridized carbons (Fsp3) is 0.429. The van der Waals surface area contributed by atoms with Crippen LogP contribution in [0.3, 0.4) is 0 Å². The first-order valence-electron chi connectivity index (χ1n) is 6.17. The van der Waals surface area contributed by atoms with Crippen LogP contribution in [-0.4, -0.2) is 20.5 Å². The predicted molar refractivity (Wildman–Crippen MR) is 70.1 cm³/mol. The Balaban J connectivity index is 2.74. The monoisotopic (exact) mass is 246 g/mol. The second-order valence-electron chi connectivity index (χ2n) is 5.15. The zero-order chi connectivity index (χ0) is 13.4. The zero-order valence-electron chi connectivity index (χ0n) is 11.1. The predicted octanol–water partition coefficient (Wildman–Crippen LogP) is 3.00. The quantitative estimate of drug-likeness (QED) is 0.847. The number of hydrogen-bond acceptors (Lipinski definition) is 3. The lowest BCUT2D eigenvalue weighted by Gasteiger charge is -2.07. The van der Waals surface area contributed by atoms with Crippen molar-refractivity contribution in [1.82, 2.24) is 9.61 Å². The number of aromatic hydroxyl groups is 1. The molecule has 2 aromatic rings. The molecule has 0 aliphatic carbocycles. The molecule has 0 amide bonds. The fourth-order valence-electron chi connectivity index (χ4n) is 2.00. The van der Waals surface area contributed by atoms with Gasteiger partial charge >= 0.3 is 0 Å². The summed E-state index contributed by atoms with van der Waals surface area (Å²) >= 11 is 0. The van der Waals surface area contributed by atoms with Crippen LogP contribution in [0.1, 0.15) is 49.7 Å². The van der Waals surface area contributed by atoms with Gasteiger partial charge in [0.05, 0.1) is 23.0 Å². The molecule has 0 aliphatic rings. The molecule has 0 aliphatic heterocycles. The van der Waals surface area contributed by atoms with Gasteiger partial charge in [-0.25, -0.2) is 4.52 Å². The maximum Gasteiger partial charge on any atom is 0.169 e. The largest absolute Gasteiger partial charge is 0.506 e. The van der Waals surface area contributed by atoms with Crippen LogP contribution in [0.25, 0.3) is 5.52 Å². The lowest BCUT2D eigenvalue weighted by molar-refractivity contribution is 0.0939. The number of carbonyl (C=O) groups is 1. The molecule has 96 valence electrons. The van der Waals surface area contributed by atoms with Crippen LogP contribution in [0.2, 0.25) is 0 Å². The fourth-order valence-corrected chi connectivity index (χ4v) is 2.00.